The van der Waals surface area contributed by atoms with Crippen molar-refractivity contribution >= 4 is 33.1 Å². The normalized spacial score (nSPS) is 16.1. The number of rotatable bonds is 1. The van der Waals surface area contributed by atoms with Gasteiger partial charge in [0.25, 0.3) is 0 Å². The lowest BCUT2D eigenvalue weighted by Gasteiger charge is -2.37. The Hall–Kier alpha value is -3.65. The van der Waals surface area contributed by atoms with Gasteiger partial charge in [-0.1, -0.05) is 98.3 Å². The molecule has 6 rings (SSSR count). The fraction of sp³-hybridized carbons (Fsp3) is 0.194. The maximum Gasteiger partial charge on any atom is 0.335 e. The summed E-state index contributed by atoms with van der Waals surface area (Å²) in [5.41, 5.74) is 6.72. The molecule has 4 aromatic carbocycles. The molecule has 0 saturated heterocycles. The van der Waals surface area contributed by atoms with Gasteiger partial charge in [-0.2, -0.15) is 0 Å². The van der Waals surface area contributed by atoms with Gasteiger partial charge in [0.15, 0.2) is 0 Å². The predicted molar refractivity (Wildman–Crippen MR) is 138 cm³/mol. The van der Waals surface area contributed by atoms with Gasteiger partial charge in [0, 0.05) is 0 Å². The molecular weight excluding hydrogens is 404 g/mol. The minimum atomic E-state index is -0.884. The molecule has 0 heterocycles. The SMILES string of the molecule is CC1(C)CC2=C(C=CCC2)c2ccc3ccccc3c21.O=C(O)c1ccc2ccccc2c1. The largest absolute Gasteiger partial charge is 0.478 e. The Morgan fingerprint density at radius 1 is 0.848 bits per heavy atom. The Labute approximate surface area is 194 Å². The van der Waals surface area contributed by atoms with Crippen molar-refractivity contribution < 1.29 is 9.90 Å². The zero-order valence-corrected chi connectivity index (χ0v) is 19.1. The number of carboxylic acids is 1. The maximum atomic E-state index is 10.6. The van der Waals surface area contributed by atoms with Crippen molar-refractivity contribution in [1.82, 2.24) is 0 Å². The van der Waals surface area contributed by atoms with Crippen LogP contribution in [0.15, 0.2) is 96.6 Å². The second-order valence-corrected chi connectivity index (χ2v) is 9.60. The fourth-order valence-electron chi connectivity index (χ4n) is 5.34. The van der Waals surface area contributed by atoms with Gasteiger partial charge in [0.1, 0.15) is 0 Å². The summed E-state index contributed by atoms with van der Waals surface area (Å²) < 4.78 is 0. The zero-order chi connectivity index (χ0) is 23.0. The lowest BCUT2D eigenvalue weighted by atomic mass is 9.67. The molecule has 0 aliphatic heterocycles. The third-order valence-electron chi connectivity index (χ3n) is 6.83. The molecule has 0 amide bonds. The molecule has 2 nitrogen and oxygen atoms in total. The predicted octanol–water partition coefficient (Wildman–Crippen LogP) is 8.16. The minimum absolute atomic E-state index is 0.236. The average molecular weight is 433 g/mol. The third-order valence-corrected chi connectivity index (χ3v) is 6.83. The van der Waals surface area contributed by atoms with Crippen LogP contribution < -0.4 is 0 Å². The van der Waals surface area contributed by atoms with Gasteiger partial charge in [0.2, 0.25) is 0 Å². The van der Waals surface area contributed by atoms with Gasteiger partial charge in [-0.15, -0.1) is 0 Å². The molecule has 0 saturated carbocycles. The van der Waals surface area contributed by atoms with Crippen LogP contribution in [0.3, 0.4) is 0 Å². The molecule has 33 heavy (non-hydrogen) atoms. The molecule has 4 aromatic rings. The first-order valence-corrected chi connectivity index (χ1v) is 11.6. The second kappa shape index (κ2) is 8.37. The molecule has 164 valence electrons. The van der Waals surface area contributed by atoms with E-state index in [-0.39, 0.29) is 5.41 Å². The molecule has 0 unspecified atom stereocenters. The summed E-state index contributed by atoms with van der Waals surface area (Å²) in [5, 5.41) is 13.6. The number of benzene rings is 4. The Balaban J connectivity index is 0.000000152. The molecule has 0 aromatic heterocycles. The number of allylic oxidation sites excluding steroid dienone is 4. The van der Waals surface area contributed by atoms with Gasteiger partial charge in [-0.3, -0.25) is 0 Å². The van der Waals surface area contributed by atoms with Gasteiger partial charge < -0.3 is 5.11 Å². The minimum Gasteiger partial charge on any atom is -0.478 e. The lowest BCUT2D eigenvalue weighted by molar-refractivity contribution is 0.0697. The van der Waals surface area contributed by atoms with E-state index in [0.29, 0.717) is 5.56 Å². The number of aromatic carboxylic acids is 1. The number of carbonyl (C=O) groups is 1. The molecular formula is C31H28O2. The summed E-state index contributed by atoms with van der Waals surface area (Å²) in [4.78, 5) is 10.6. The highest BCUT2D eigenvalue weighted by Crippen LogP contribution is 2.48. The summed E-state index contributed by atoms with van der Waals surface area (Å²) >= 11 is 0. The molecule has 2 aliphatic rings. The number of carboxylic acid groups (broad SMARTS) is 1. The second-order valence-electron chi connectivity index (χ2n) is 9.60. The van der Waals surface area contributed by atoms with Crippen LogP contribution in [0.1, 0.15) is 54.6 Å². The Morgan fingerprint density at radius 3 is 2.33 bits per heavy atom. The first-order chi connectivity index (χ1) is 15.9. The van der Waals surface area contributed by atoms with Crippen LogP contribution in [-0.4, -0.2) is 11.1 Å². The van der Waals surface area contributed by atoms with E-state index in [1.807, 2.05) is 30.3 Å². The van der Waals surface area contributed by atoms with Crippen molar-refractivity contribution in [3.63, 3.8) is 0 Å². The Bertz CT molecular complexity index is 1440. The van der Waals surface area contributed by atoms with Crippen LogP contribution in [0.2, 0.25) is 0 Å². The highest BCUT2D eigenvalue weighted by molar-refractivity contribution is 5.95. The van der Waals surface area contributed by atoms with Crippen molar-refractivity contribution in [3.05, 3.63) is 113 Å². The van der Waals surface area contributed by atoms with E-state index in [9.17, 15) is 4.79 Å². The highest BCUT2D eigenvalue weighted by atomic mass is 16.4. The summed E-state index contributed by atoms with van der Waals surface area (Å²) in [5.74, 6) is -0.884. The maximum absolute atomic E-state index is 10.6. The fourth-order valence-corrected chi connectivity index (χ4v) is 5.34. The molecule has 0 fully saturated rings. The molecule has 0 atom stereocenters. The molecule has 2 heteroatoms. The van der Waals surface area contributed by atoms with Crippen molar-refractivity contribution in [1.29, 1.82) is 0 Å². The quantitative estimate of drug-likeness (QED) is 0.329. The highest BCUT2D eigenvalue weighted by Gasteiger charge is 2.33. The van der Waals surface area contributed by atoms with E-state index >= 15 is 0 Å². The number of fused-ring (bicyclic) bond motifs is 5. The van der Waals surface area contributed by atoms with E-state index in [1.165, 1.54) is 41.2 Å². The average Bonchev–Trinajstić information content (AvgIpc) is 2.83. The van der Waals surface area contributed by atoms with Crippen LogP contribution >= 0.6 is 0 Å². The van der Waals surface area contributed by atoms with Gasteiger partial charge >= 0.3 is 5.97 Å². The van der Waals surface area contributed by atoms with E-state index < -0.39 is 5.97 Å². The molecule has 1 N–H and O–H groups in total. The summed E-state index contributed by atoms with van der Waals surface area (Å²) in [6.45, 7) is 4.81. The van der Waals surface area contributed by atoms with Crippen molar-refractivity contribution in [2.24, 2.45) is 0 Å². The van der Waals surface area contributed by atoms with E-state index in [0.717, 1.165) is 10.8 Å². The third kappa shape index (κ3) is 3.98. The Morgan fingerprint density at radius 2 is 1.55 bits per heavy atom. The molecule has 0 bridgehead atoms. The Kier molecular flexibility index (Phi) is 5.38. The van der Waals surface area contributed by atoms with E-state index in [2.05, 4.69) is 62.4 Å². The van der Waals surface area contributed by atoms with Crippen LogP contribution in [0.5, 0.6) is 0 Å². The van der Waals surface area contributed by atoms with Crippen molar-refractivity contribution in [2.75, 3.05) is 0 Å². The standard InChI is InChI=1S/C20H20.C11H8O2/c1-20(2)13-15-8-4-5-9-16(15)18-12-11-14-7-3-6-10-17(14)19(18)20;12-11(13)10-6-5-8-3-1-2-4-9(8)7-10/h3,5-7,9-12H,4,8,13H2,1-2H3;1-7H,(H,12,13). The van der Waals surface area contributed by atoms with Crippen LogP contribution in [0.25, 0.3) is 27.1 Å². The summed E-state index contributed by atoms with van der Waals surface area (Å²) in [7, 11) is 0. The monoisotopic (exact) mass is 432 g/mol. The molecule has 2 aliphatic carbocycles. The van der Waals surface area contributed by atoms with Crippen molar-refractivity contribution in [2.45, 2.75) is 38.5 Å². The van der Waals surface area contributed by atoms with Gasteiger partial charge in [-0.05, 0) is 75.1 Å². The smallest absolute Gasteiger partial charge is 0.335 e. The number of hydrogen-bond acceptors (Lipinski definition) is 1. The summed E-state index contributed by atoms with van der Waals surface area (Å²) in [6.07, 6.45) is 8.32. The number of hydrogen-bond donors (Lipinski definition) is 1. The van der Waals surface area contributed by atoms with Crippen LogP contribution in [0, 0.1) is 0 Å². The van der Waals surface area contributed by atoms with Gasteiger partial charge in [-0.25, -0.2) is 4.79 Å². The zero-order valence-electron chi connectivity index (χ0n) is 19.1. The van der Waals surface area contributed by atoms with E-state index in [1.54, 1.807) is 23.3 Å². The first kappa shape index (κ1) is 21.2. The topological polar surface area (TPSA) is 37.3 Å². The van der Waals surface area contributed by atoms with Crippen LogP contribution in [0.4, 0.5) is 0 Å². The van der Waals surface area contributed by atoms with E-state index in [4.69, 9.17) is 5.11 Å². The summed E-state index contributed by atoms with van der Waals surface area (Å²) in [6, 6.07) is 26.2. The molecule has 0 radical (unpaired) electrons. The first-order valence-electron chi connectivity index (χ1n) is 11.6. The van der Waals surface area contributed by atoms with Crippen molar-refractivity contribution in [3.8, 4) is 0 Å². The lowest BCUT2D eigenvalue weighted by Crippen LogP contribution is -2.25. The molecule has 0 spiro atoms. The van der Waals surface area contributed by atoms with Gasteiger partial charge in [0.05, 0.1) is 5.56 Å². The van der Waals surface area contributed by atoms with Crippen LogP contribution in [-0.2, 0) is 5.41 Å².